The van der Waals surface area contributed by atoms with Gasteiger partial charge in [-0.05, 0) is 38.1 Å². The zero-order chi connectivity index (χ0) is 17.1. The summed E-state index contributed by atoms with van der Waals surface area (Å²) in [5.74, 6) is -0.337. The number of benzene rings is 2. The number of hydrogen-bond acceptors (Lipinski definition) is 4. The molecule has 0 fully saturated rings. The molecular weight excluding hydrogens is 304 g/mol. The molecule has 0 aliphatic rings. The molecule has 1 amide bonds. The van der Waals surface area contributed by atoms with Gasteiger partial charge < -0.3 is 4.42 Å². The number of amides is 1. The van der Waals surface area contributed by atoms with Crippen LogP contribution in [0.4, 0.5) is 0 Å². The molecule has 3 aromatic rings. The van der Waals surface area contributed by atoms with Crippen LogP contribution in [0.15, 0.2) is 63.0 Å². The quantitative estimate of drug-likeness (QED) is 0.595. The Morgan fingerprint density at radius 1 is 1.12 bits per heavy atom. The molecule has 0 radical (unpaired) electrons. The van der Waals surface area contributed by atoms with Gasteiger partial charge in [0.2, 0.25) is 5.43 Å². The first kappa shape index (κ1) is 15.7. The molecule has 24 heavy (non-hydrogen) atoms. The van der Waals surface area contributed by atoms with E-state index in [0.717, 1.165) is 11.1 Å². The van der Waals surface area contributed by atoms with Crippen LogP contribution in [-0.4, -0.2) is 12.1 Å². The molecule has 0 bridgehead atoms. The molecule has 1 aromatic heterocycles. The van der Waals surface area contributed by atoms with Crippen LogP contribution in [0.5, 0.6) is 0 Å². The Labute approximate surface area is 138 Å². The van der Waals surface area contributed by atoms with Gasteiger partial charge >= 0.3 is 0 Å². The Morgan fingerprint density at radius 3 is 2.71 bits per heavy atom. The molecule has 1 heterocycles. The van der Waals surface area contributed by atoms with Crippen LogP contribution in [0.2, 0.25) is 0 Å². The van der Waals surface area contributed by atoms with E-state index in [1.165, 1.54) is 12.5 Å². The minimum atomic E-state index is -0.337. The van der Waals surface area contributed by atoms with E-state index in [2.05, 4.69) is 10.5 Å². The van der Waals surface area contributed by atoms with Crippen LogP contribution in [0.3, 0.4) is 0 Å². The van der Waals surface area contributed by atoms with E-state index >= 15 is 0 Å². The summed E-state index contributed by atoms with van der Waals surface area (Å²) in [4.78, 5) is 24.4. The predicted molar refractivity (Wildman–Crippen MR) is 93.5 cm³/mol. The number of hydrazone groups is 1. The zero-order valence-electron chi connectivity index (χ0n) is 13.4. The average molecular weight is 320 g/mol. The second kappa shape index (κ2) is 6.50. The highest BCUT2D eigenvalue weighted by Crippen LogP contribution is 2.12. The fourth-order valence-corrected chi connectivity index (χ4v) is 2.36. The molecule has 0 unspecified atom stereocenters. The van der Waals surface area contributed by atoms with E-state index in [4.69, 9.17) is 4.42 Å². The minimum absolute atomic E-state index is 0.187. The van der Waals surface area contributed by atoms with Crippen LogP contribution in [0.1, 0.15) is 27.0 Å². The van der Waals surface area contributed by atoms with Gasteiger partial charge in [0.15, 0.2) is 0 Å². The van der Waals surface area contributed by atoms with Crippen molar-refractivity contribution in [3.8, 4) is 0 Å². The number of aryl methyl sites for hydroxylation is 2. The molecule has 120 valence electrons. The third kappa shape index (κ3) is 3.25. The highest BCUT2D eigenvalue weighted by Gasteiger charge is 2.06. The van der Waals surface area contributed by atoms with Gasteiger partial charge in [0.25, 0.3) is 5.91 Å². The van der Waals surface area contributed by atoms with Crippen molar-refractivity contribution in [3.63, 3.8) is 0 Å². The second-order valence-electron chi connectivity index (χ2n) is 5.59. The lowest BCUT2D eigenvalue weighted by molar-refractivity contribution is 0.0955. The lowest BCUT2D eigenvalue weighted by Crippen LogP contribution is -2.18. The molecule has 0 saturated heterocycles. The standard InChI is InChI=1S/C19H16N2O3/c1-12-4-3-5-14(8-12)19(23)21-20-10-15-11-24-17-7-6-13(2)9-16(17)18(15)22/h3-11H,1-2H3,(H,21,23)/b20-10-. The molecule has 2 aromatic carbocycles. The molecular formula is C19H16N2O3. The monoisotopic (exact) mass is 320 g/mol. The van der Waals surface area contributed by atoms with Gasteiger partial charge in [0, 0.05) is 5.56 Å². The highest BCUT2D eigenvalue weighted by atomic mass is 16.3. The van der Waals surface area contributed by atoms with Crippen LogP contribution in [-0.2, 0) is 0 Å². The fraction of sp³-hybridized carbons (Fsp3) is 0.105. The van der Waals surface area contributed by atoms with Crippen LogP contribution < -0.4 is 10.9 Å². The third-order valence-corrected chi connectivity index (χ3v) is 3.60. The summed E-state index contributed by atoms with van der Waals surface area (Å²) in [6.45, 7) is 3.81. The number of nitrogens with zero attached hydrogens (tertiary/aromatic N) is 1. The Hall–Kier alpha value is -3.21. The summed E-state index contributed by atoms with van der Waals surface area (Å²) in [5, 5.41) is 4.34. The summed E-state index contributed by atoms with van der Waals surface area (Å²) >= 11 is 0. The van der Waals surface area contributed by atoms with Crippen molar-refractivity contribution >= 4 is 23.1 Å². The normalized spacial score (nSPS) is 11.1. The van der Waals surface area contributed by atoms with Crippen molar-refractivity contribution in [1.82, 2.24) is 5.43 Å². The highest BCUT2D eigenvalue weighted by molar-refractivity contribution is 5.95. The number of nitrogens with one attached hydrogen (secondary N) is 1. The van der Waals surface area contributed by atoms with E-state index < -0.39 is 0 Å². The lowest BCUT2D eigenvalue weighted by atomic mass is 10.1. The van der Waals surface area contributed by atoms with E-state index in [9.17, 15) is 9.59 Å². The lowest BCUT2D eigenvalue weighted by Gasteiger charge is -2.01. The number of rotatable bonds is 3. The Morgan fingerprint density at radius 2 is 1.92 bits per heavy atom. The van der Waals surface area contributed by atoms with Gasteiger partial charge in [0.1, 0.15) is 11.8 Å². The van der Waals surface area contributed by atoms with Crippen molar-refractivity contribution in [2.75, 3.05) is 0 Å². The first-order valence-corrected chi connectivity index (χ1v) is 7.47. The number of fused-ring (bicyclic) bond motifs is 1. The molecule has 0 aliphatic heterocycles. The van der Waals surface area contributed by atoms with E-state index in [-0.39, 0.29) is 16.9 Å². The number of carbonyl (C=O) groups is 1. The summed E-state index contributed by atoms with van der Waals surface area (Å²) in [6, 6.07) is 12.6. The Bertz CT molecular complexity index is 1000. The van der Waals surface area contributed by atoms with Crippen molar-refractivity contribution in [1.29, 1.82) is 0 Å². The maximum atomic E-state index is 12.4. The van der Waals surface area contributed by atoms with E-state index in [0.29, 0.717) is 16.5 Å². The van der Waals surface area contributed by atoms with Crippen LogP contribution >= 0.6 is 0 Å². The molecule has 3 rings (SSSR count). The van der Waals surface area contributed by atoms with Crippen molar-refractivity contribution in [2.24, 2.45) is 5.10 Å². The van der Waals surface area contributed by atoms with Gasteiger partial charge in [0.05, 0.1) is 17.2 Å². The van der Waals surface area contributed by atoms with Crippen molar-refractivity contribution < 1.29 is 9.21 Å². The first-order chi connectivity index (χ1) is 11.5. The van der Waals surface area contributed by atoms with Gasteiger partial charge in [-0.15, -0.1) is 0 Å². The SMILES string of the molecule is Cc1cccc(C(=O)N/N=C\c2coc3ccc(C)cc3c2=O)c1. The molecule has 5 heteroatoms. The number of hydrogen-bond donors (Lipinski definition) is 1. The smallest absolute Gasteiger partial charge is 0.271 e. The van der Waals surface area contributed by atoms with Crippen LogP contribution in [0.25, 0.3) is 11.0 Å². The summed E-state index contributed by atoms with van der Waals surface area (Å²) in [5.41, 5.74) is 5.48. The first-order valence-electron chi connectivity index (χ1n) is 7.47. The maximum Gasteiger partial charge on any atom is 0.271 e. The summed E-state index contributed by atoms with van der Waals surface area (Å²) < 4.78 is 5.43. The maximum absolute atomic E-state index is 12.4. The van der Waals surface area contributed by atoms with E-state index in [1.54, 1.807) is 30.3 Å². The zero-order valence-corrected chi connectivity index (χ0v) is 13.4. The topological polar surface area (TPSA) is 71.7 Å². The Balaban J connectivity index is 1.82. The van der Waals surface area contributed by atoms with Gasteiger partial charge in [-0.3, -0.25) is 9.59 Å². The number of carbonyl (C=O) groups excluding carboxylic acids is 1. The largest absolute Gasteiger partial charge is 0.463 e. The molecule has 0 saturated carbocycles. The van der Waals surface area contributed by atoms with Crippen molar-refractivity contribution in [2.45, 2.75) is 13.8 Å². The molecule has 0 atom stereocenters. The molecule has 0 aliphatic carbocycles. The summed E-state index contributed by atoms with van der Waals surface area (Å²) in [6.07, 6.45) is 2.63. The van der Waals surface area contributed by atoms with E-state index in [1.807, 2.05) is 26.0 Å². The molecule has 5 nitrogen and oxygen atoms in total. The Kier molecular flexibility index (Phi) is 4.24. The van der Waals surface area contributed by atoms with Crippen molar-refractivity contribution in [3.05, 3.63) is 81.2 Å². The predicted octanol–water partition coefficient (Wildman–Crippen LogP) is 3.17. The van der Waals surface area contributed by atoms with Crippen LogP contribution in [0, 0.1) is 13.8 Å². The van der Waals surface area contributed by atoms with Gasteiger partial charge in [-0.25, -0.2) is 5.43 Å². The second-order valence-corrected chi connectivity index (χ2v) is 5.59. The molecule has 1 N–H and O–H groups in total. The van der Waals surface area contributed by atoms with Gasteiger partial charge in [-0.1, -0.05) is 29.3 Å². The molecule has 0 spiro atoms. The fourth-order valence-electron chi connectivity index (χ4n) is 2.36. The van der Waals surface area contributed by atoms with Gasteiger partial charge in [-0.2, -0.15) is 5.10 Å². The average Bonchev–Trinajstić information content (AvgIpc) is 2.57. The third-order valence-electron chi connectivity index (χ3n) is 3.60. The minimum Gasteiger partial charge on any atom is -0.463 e. The summed E-state index contributed by atoms with van der Waals surface area (Å²) in [7, 11) is 0.